The molecule has 0 amide bonds. The summed E-state index contributed by atoms with van der Waals surface area (Å²) in [4.78, 5) is 0. The number of hydrogen-bond acceptors (Lipinski definition) is 2. The van der Waals surface area contributed by atoms with E-state index in [1.165, 1.54) is 6.07 Å². The first-order valence-electron chi connectivity index (χ1n) is 5.70. The lowest BCUT2D eigenvalue weighted by Crippen LogP contribution is -2.29. The Hall–Kier alpha value is -1.13. The van der Waals surface area contributed by atoms with Crippen LogP contribution in [0.5, 0.6) is 0 Å². The van der Waals surface area contributed by atoms with Crippen molar-refractivity contribution < 1.29 is 4.39 Å². The average molecular weight is 299 g/mol. The van der Waals surface area contributed by atoms with Gasteiger partial charge in [-0.3, -0.25) is 5.84 Å². The van der Waals surface area contributed by atoms with Crippen LogP contribution < -0.4 is 11.3 Å². The molecule has 2 aromatic rings. The lowest BCUT2D eigenvalue weighted by molar-refractivity contribution is 0.606. The van der Waals surface area contributed by atoms with Crippen LogP contribution in [0.3, 0.4) is 0 Å². The summed E-state index contributed by atoms with van der Waals surface area (Å²) in [7, 11) is 0. The highest BCUT2D eigenvalue weighted by Crippen LogP contribution is 2.31. The lowest BCUT2D eigenvalue weighted by atomic mass is 9.98. The minimum atomic E-state index is -0.474. The maximum Gasteiger partial charge on any atom is 0.142 e. The number of nitrogens with two attached hydrogens (primary N) is 1. The third-order valence-corrected chi connectivity index (χ3v) is 3.79. The summed E-state index contributed by atoms with van der Waals surface area (Å²) in [6.07, 6.45) is 0. The van der Waals surface area contributed by atoms with Gasteiger partial charge in [0.05, 0.1) is 11.1 Å². The summed E-state index contributed by atoms with van der Waals surface area (Å²) in [5.74, 6) is 5.10. The molecule has 19 heavy (non-hydrogen) atoms. The molecule has 0 aliphatic rings. The predicted molar refractivity (Wildman–Crippen MR) is 76.8 cm³/mol. The Morgan fingerprint density at radius 3 is 2.58 bits per heavy atom. The fourth-order valence-corrected chi connectivity index (χ4v) is 2.32. The molecule has 1 unspecified atom stereocenters. The monoisotopic (exact) mass is 298 g/mol. The summed E-state index contributed by atoms with van der Waals surface area (Å²) in [6, 6.07) is 9.77. The molecule has 0 fully saturated rings. The molecule has 1 atom stereocenters. The topological polar surface area (TPSA) is 38.0 Å². The van der Waals surface area contributed by atoms with Gasteiger partial charge in [0.15, 0.2) is 0 Å². The van der Waals surface area contributed by atoms with E-state index >= 15 is 0 Å². The summed E-state index contributed by atoms with van der Waals surface area (Å²) in [6.45, 7) is 1.91. The molecule has 0 aliphatic carbocycles. The van der Waals surface area contributed by atoms with Crippen LogP contribution in [0.15, 0.2) is 36.4 Å². The molecule has 0 saturated carbocycles. The van der Waals surface area contributed by atoms with Crippen molar-refractivity contribution in [3.63, 3.8) is 0 Å². The maximum absolute atomic E-state index is 13.5. The van der Waals surface area contributed by atoms with Gasteiger partial charge < -0.3 is 0 Å². The Balaban J connectivity index is 2.50. The van der Waals surface area contributed by atoms with Crippen LogP contribution >= 0.6 is 23.2 Å². The number of benzene rings is 2. The Labute approximate surface area is 121 Å². The molecule has 2 aromatic carbocycles. The fourth-order valence-electron chi connectivity index (χ4n) is 1.90. The molecule has 0 aromatic heterocycles. The summed E-state index contributed by atoms with van der Waals surface area (Å²) in [5.41, 5.74) is 5.00. The highest BCUT2D eigenvalue weighted by atomic mass is 35.5. The zero-order valence-corrected chi connectivity index (χ0v) is 11.8. The van der Waals surface area contributed by atoms with E-state index in [1.54, 1.807) is 18.2 Å². The van der Waals surface area contributed by atoms with Crippen molar-refractivity contribution in [3.05, 3.63) is 69.0 Å². The molecule has 100 valence electrons. The van der Waals surface area contributed by atoms with E-state index in [0.29, 0.717) is 10.6 Å². The summed E-state index contributed by atoms with van der Waals surface area (Å²) < 4.78 is 13.5. The van der Waals surface area contributed by atoms with E-state index < -0.39 is 11.9 Å². The molecule has 0 bridgehead atoms. The Bertz CT molecular complexity index is 602. The van der Waals surface area contributed by atoms with Gasteiger partial charge in [0.1, 0.15) is 5.82 Å². The fraction of sp³-hybridized carbons (Fsp3) is 0.143. The van der Waals surface area contributed by atoms with Crippen molar-refractivity contribution in [2.45, 2.75) is 13.0 Å². The first-order valence-corrected chi connectivity index (χ1v) is 6.46. The molecule has 0 radical (unpaired) electrons. The minimum absolute atomic E-state index is 0.0575. The number of halogens is 3. The van der Waals surface area contributed by atoms with Gasteiger partial charge in [-0.15, -0.1) is 0 Å². The predicted octanol–water partition coefficient (Wildman–Crippen LogP) is 3.99. The molecule has 2 nitrogen and oxygen atoms in total. The minimum Gasteiger partial charge on any atom is -0.271 e. The summed E-state index contributed by atoms with van der Waals surface area (Å²) >= 11 is 12.1. The SMILES string of the molecule is Cc1ccc(C(NN)c2cccc(F)c2Cl)cc1Cl. The average Bonchev–Trinajstić information content (AvgIpc) is 2.39. The van der Waals surface area contributed by atoms with Crippen molar-refractivity contribution in [1.82, 2.24) is 5.43 Å². The molecule has 3 N–H and O–H groups in total. The molecular formula is C14H13Cl2FN2. The van der Waals surface area contributed by atoms with Crippen LogP contribution in [0, 0.1) is 12.7 Å². The largest absolute Gasteiger partial charge is 0.271 e. The first kappa shape index (κ1) is 14.3. The number of hydrogen-bond donors (Lipinski definition) is 2. The van der Waals surface area contributed by atoms with Crippen LogP contribution in [-0.4, -0.2) is 0 Å². The van der Waals surface area contributed by atoms with E-state index in [9.17, 15) is 4.39 Å². The van der Waals surface area contributed by atoms with Crippen molar-refractivity contribution in [2.24, 2.45) is 5.84 Å². The Morgan fingerprint density at radius 1 is 1.21 bits per heavy atom. The lowest BCUT2D eigenvalue weighted by Gasteiger charge is -2.19. The van der Waals surface area contributed by atoms with Crippen LogP contribution in [0.1, 0.15) is 22.7 Å². The smallest absolute Gasteiger partial charge is 0.142 e. The molecule has 0 aliphatic heterocycles. The van der Waals surface area contributed by atoms with Crippen LogP contribution in [0.4, 0.5) is 4.39 Å². The van der Waals surface area contributed by atoms with Crippen molar-refractivity contribution in [1.29, 1.82) is 0 Å². The maximum atomic E-state index is 13.5. The Morgan fingerprint density at radius 2 is 1.95 bits per heavy atom. The summed E-state index contributed by atoms with van der Waals surface area (Å²) in [5, 5.41) is 0.687. The third kappa shape index (κ3) is 2.90. The van der Waals surface area contributed by atoms with Gasteiger partial charge >= 0.3 is 0 Å². The van der Waals surface area contributed by atoms with Crippen molar-refractivity contribution >= 4 is 23.2 Å². The van der Waals surface area contributed by atoms with Gasteiger partial charge in [0, 0.05) is 5.02 Å². The van der Waals surface area contributed by atoms with E-state index in [-0.39, 0.29) is 5.02 Å². The van der Waals surface area contributed by atoms with E-state index in [2.05, 4.69) is 5.43 Å². The quantitative estimate of drug-likeness (QED) is 0.664. The van der Waals surface area contributed by atoms with Crippen LogP contribution in [0.2, 0.25) is 10.0 Å². The zero-order valence-electron chi connectivity index (χ0n) is 10.3. The third-order valence-electron chi connectivity index (χ3n) is 2.99. The van der Waals surface area contributed by atoms with Crippen molar-refractivity contribution in [3.8, 4) is 0 Å². The number of aryl methyl sites for hydroxylation is 1. The Kier molecular flexibility index (Phi) is 4.42. The number of rotatable bonds is 3. The van der Waals surface area contributed by atoms with Gasteiger partial charge in [-0.25, -0.2) is 9.82 Å². The van der Waals surface area contributed by atoms with Gasteiger partial charge in [-0.05, 0) is 35.7 Å². The van der Waals surface area contributed by atoms with Crippen molar-refractivity contribution in [2.75, 3.05) is 0 Å². The number of nitrogens with one attached hydrogen (secondary N) is 1. The standard InChI is InChI=1S/C14H13Cl2FN2/c1-8-5-6-9(7-11(8)15)14(19-18)10-3-2-4-12(17)13(10)16/h2-7,14,19H,18H2,1H3. The van der Waals surface area contributed by atoms with Crippen LogP contribution in [-0.2, 0) is 0 Å². The molecule has 2 rings (SSSR count). The van der Waals surface area contributed by atoms with Gasteiger partial charge in [-0.2, -0.15) is 0 Å². The molecular weight excluding hydrogens is 286 g/mol. The molecule has 0 heterocycles. The second-order valence-electron chi connectivity index (χ2n) is 4.25. The second-order valence-corrected chi connectivity index (χ2v) is 5.04. The molecule has 0 spiro atoms. The van der Waals surface area contributed by atoms with E-state index in [4.69, 9.17) is 29.0 Å². The normalized spacial score (nSPS) is 12.5. The highest BCUT2D eigenvalue weighted by molar-refractivity contribution is 6.32. The van der Waals surface area contributed by atoms with Gasteiger partial charge in [0.2, 0.25) is 0 Å². The zero-order chi connectivity index (χ0) is 14.0. The highest BCUT2D eigenvalue weighted by Gasteiger charge is 2.18. The second kappa shape index (κ2) is 5.88. The first-order chi connectivity index (χ1) is 9.04. The van der Waals surface area contributed by atoms with Crippen LogP contribution in [0.25, 0.3) is 0 Å². The van der Waals surface area contributed by atoms with E-state index in [0.717, 1.165) is 11.1 Å². The molecule has 0 saturated heterocycles. The molecule has 5 heteroatoms. The van der Waals surface area contributed by atoms with E-state index in [1.807, 2.05) is 19.1 Å². The van der Waals surface area contributed by atoms with Gasteiger partial charge in [-0.1, -0.05) is 47.5 Å². The van der Waals surface area contributed by atoms with Gasteiger partial charge in [0.25, 0.3) is 0 Å². The number of hydrazine groups is 1.